The summed E-state index contributed by atoms with van der Waals surface area (Å²) in [5, 5.41) is 29.0. The number of hydrogen-bond acceptors (Lipinski definition) is 4. The van der Waals surface area contributed by atoms with Gasteiger partial charge in [0.15, 0.2) is 0 Å². The van der Waals surface area contributed by atoms with Crippen molar-refractivity contribution in [1.82, 2.24) is 0 Å². The maximum absolute atomic E-state index is 11.1. The maximum Gasteiger partial charge on any atom is 0.339 e. The molecule has 0 saturated carbocycles. The predicted molar refractivity (Wildman–Crippen MR) is 65.9 cm³/mol. The van der Waals surface area contributed by atoms with Crippen LogP contribution in [0.2, 0.25) is 0 Å². The molecule has 0 aliphatic heterocycles. The number of aliphatic hydroxyl groups excluding tert-OH is 1. The molecular formula is C13H18O5. The van der Waals surface area contributed by atoms with Crippen LogP contribution in [0.3, 0.4) is 0 Å². The highest BCUT2D eigenvalue weighted by Crippen LogP contribution is 2.35. The van der Waals surface area contributed by atoms with E-state index in [1.807, 2.05) is 0 Å². The predicted octanol–water partition coefficient (Wildman–Crippen LogP) is 1.51. The Morgan fingerprint density at radius 3 is 2.33 bits per heavy atom. The summed E-state index contributed by atoms with van der Waals surface area (Å²) in [5.41, 5.74) is -0.485. The first kappa shape index (κ1) is 14.5. The van der Waals surface area contributed by atoms with E-state index in [1.54, 1.807) is 13.0 Å². The molecule has 0 aromatic heterocycles. The molecule has 0 fully saturated rings. The first-order valence-corrected chi connectivity index (χ1v) is 5.50. The molecule has 1 atom stereocenters. The number of methoxy groups -OCH3 is 1. The summed E-state index contributed by atoms with van der Waals surface area (Å²) < 4.78 is 5.06. The average Bonchev–Trinajstić information content (AvgIpc) is 2.25. The van der Waals surface area contributed by atoms with Gasteiger partial charge in [-0.2, -0.15) is 0 Å². The lowest BCUT2D eigenvalue weighted by Crippen LogP contribution is -2.29. The lowest BCUT2D eigenvalue weighted by atomic mass is 9.91. The largest absolute Gasteiger partial charge is 0.495 e. The fourth-order valence-electron chi connectivity index (χ4n) is 1.77. The third-order valence-corrected chi connectivity index (χ3v) is 2.66. The molecule has 3 N–H and O–H groups in total. The van der Waals surface area contributed by atoms with Gasteiger partial charge in [0.2, 0.25) is 0 Å². The molecule has 0 saturated heterocycles. The first-order valence-electron chi connectivity index (χ1n) is 5.50. The van der Waals surface area contributed by atoms with Crippen LogP contribution >= 0.6 is 0 Å². The monoisotopic (exact) mass is 254 g/mol. The minimum atomic E-state index is -1.39. The van der Waals surface area contributed by atoms with Gasteiger partial charge in [-0.3, -0.25) is 0 Å². The van der Waals surface area contributed by atoms with Crippen LogP contribution in [0.4, 0.5) is 0 Å². The van der Waals surface area contributed by atoms with Crippen molar-refractivity contribution in [3.8, 4) is 5.75 Å². The highest BCUT2D eigenvalue weighted by Gasteiger charge is 2.30. The molecule has 5 heteroatoms. The molecular weight excluding hydrogens is 236 g/mol. The number of aliphatic hydroxyl groups is 2. The molecule has 5 nitrogen and oxygen atoms in total. The van der Waals surface area contributed by atoms with E-state index >= 15 is 0 Å². The first-order chi connectivity index (χ1) is 8.18. The highest BCUT2D eigenvalue weighted by molar-refractivity contribution is 5.91. The van der Waals surface area contributed by atoms with Crippen LogP contribution in [0.15, 0.2) is 12.1 Å². The molecule has 0 radical (unpaired) electrons. The fraction of sp³-hybridized carbons (Fsp3) is 0.462. The standard InChI is InChI=1S/C13H18O5/c1-7-5-8(11(14)13(2,3)17)10(18-4)9(6-7)12(15)16/h5-6,11,14,17H,1-4H3,(H,15,16). The summed E-state index contributed by atoms with van der Waals surface area (Å²) in [6.45, 7) is 4.60. The van der Waals surface area contributed by atoms with E-state index in [2.05, 4.69) is 0 Å². The molecule has 1 unspecified atom stereocenters. The Morgan fingerprint density at radius 1 is 1.39 bits per heavy atom. The number of carbonyl (C=O) groups is 1. The summed E-state index contributed by atoms with van der Waals surface area (Å²) >= 11 is 0. The molecule has 0 aliphatic rings. The zero-order valence-electron chi connectivity index (χ0n) is 10.9. The van der Waals surface area contributed by atoms with Gasteiger partial charge in [-0.25, -0.2) is 4.79 Å². The Labute approximate surface area is 106 Å². The molecule has 0 aliphatic carbocycles. The number of benzene rings is 1. The number of carboxylic acid groups (broad SMARTS) is 1. The smallest absolute Gasteiger partial charge is 0.339 e. The number of rotatable bonds is 4. The molecule has 100 valence electrons. The van der Waals surface area contributed by atoms with E-state index in [-0.39, 0.29) is 16.9 Å². The second-order valence-electron chi connectivity index (χ2n) is 4.80. The van der Waals surface area contributed by atoms with Gasteiger partial charge >= 0.3 is 5.97 Å². The van der Waals surface area contributed by atoms with Gasteiger partial charge in [0.05, 0.1) is 12.7 Å². The molecule has 1 rings (SSSR count). The number of hydrogen-bond donors (Lipinski definition) is 3. The zero-order chi connectivity index (χ0) is 14.1. The van der Waals surface area contributed by atoms with Gasteiger partial charge in [0.1, 0.15) is 17.4 Å². The van der Waals surface area contributed by atoms with Crippen LogP contribution in [0.5, 0.6) is 5.75 Å². The van der Waals surface area contributed by atoms with E-state index < -0.39 is 17.7 Å². The SMILES string of the molecule is COc1c(C(=O)O)cc(C)cc1C(O)C(C)(C)O. The van der Waals surface area contributed by atoms with Gasteiger partial charge in [0.25, 0.3) is 0 Å². The average molecular weight is 254 g/mol. The summed E-state index contributed by atoms with van der Waals surface area (Å²) in [6.07, 6.45) is -1.23. The van der Waals surface area contributed by atoms with Crippen LogP contribution < -0.4 is 4.74 Å². The quantitative estimate of drug-likeness (QED) is 0.758. The Hall–Kier alpha value is -1.59. The number of ether oxygens (including phenoxy) is 1. The van der Waals surface area contributed by atoms with Crippen LogP contribution in [0, 0.1) is 6.92 Å². The number of aromatic carboxylic acids is 1. The van der Waals surface area contributed by atoms with Crippen LogP contribution in [0.1, 0.15) is 41.4 Å². The third-order valence-electron chi connectivity index (χ3n) is 2.66. The molecule has 1 aromatic carbocycles. The van der Waals surface area contributed by atoms with Crippen molar-refractivity contribution in [3.63, 3.8) is 0 Å². The van der Waals surface area contributed by atoms with Gasteiger partial charge < -0.3 is 20.1 Å². The van der Waals surface area contributed by atoms with E-state index in [4.69, 9.17) is 9.84 Å². The summed E-state index contributed by atoms with van der Waals surface area (Å²) in [6, 6.07) is 3.07. The number of aryl methyl sites for hydroxylation is 1. The molecule has 1 aromatic rings. The van der Waals surface area contributed by atoms with Crippen molar-refractivity contribution in [2.45, 2.75) is 32.5 Å². The van der Waals surface area contributed by atoms with E-state index in [0.717, 1.165) is 0 Å². The minimum Gasteiger partial charge on any atom is -0.495 e. The second kappa shape index (κ2) is 4.96. The third kappa shape index (κ3) is 2.80. The lowest BCUT2D eigenvalue weighted by Gasteiger charge is -2.27. The second-order valence-corrected chi connectivity index (χ2v) is 4.80. The molecule has 0 bridgehead atoms. The summed E-state index contributed by atoms with van der Waals surface area (Å²) in [4.78, 5) is 11.1. The Balaban J connectivity index is 3.48. The maximum atomic E-state index is 11.1. The molecule has 0 heterocycles. The molecule has 18 heavy (non-hydrogen) atoms. The van der Waals surface area contributed by atoms with Crippen molar-refractivity contribution in [1.29, 1.82) is 0 Å². The van der Waals surface area contributed by atoms with E-state index in [0.29, 0.717) is 5.56 Å². The molecule has 0 amide bonds. The lowest BCUT2D eigenvalue weighted by molar-refractivity contribution is -0.0506. The fourth-order valence-corrected chi connectivity index (χ4v) is 1.77. The van der Waals surface area contributed by atoms with Crippen molar-refractivity contribution in [2.75, 3.05) is 7.11 Å². The summed E-state index contributed by atoms with van der Waals surface area (Å²) in [7, 11) is 1.33. The van der Waals surface area contributed by atoms with Gasteiger partial charge in [0, 0.05) is 5.56 Å². The van der Waals surface area contributed by atoms with Crippen molar-refractivity contribution >= 4 is 5.97 Å². The summed E-state index contributed by atoms with van der Waals surface area (Å²) in [5.74, 6) is -1.07. The van der Waals surface area contributed by atoms with Crippen LogP contribution in [-0.4, -0.2) is 34.0 Å². The normalized spacial score (nSPS) is 13.2. The Morgan fingerprint density at radius 2 is 1.94 bits per heavy atom. The van der Waals surface area contributed by atoms with Crippen molar-refractivity contribution in [3.05, 3.63) is 28.8 Å². The highest BCUT2D eigenvalue weighted by atomic mass is 16.5. The Bertz CT molecular complexity index is 459. The van der Waals surface area contributed by atoms with Crippen molar-refractivity contribution in [2.24, 2.45) is 0 Å². The minimum absolute atomic E-state index is 0.0317. The van der Waals surface area contributed by atoms with Gasteiger partial charge in [-0.15, -0.1) is 0 Å². The molecule has 0 spiro atoms. The van der Waals surface area contributed by atoms with E-state index in [9.17, 15) is 15.0 Å². The zero-order valence-corrected chi connectivity index (χ0v) is 10.9. The van der Waals surface area contributed by atoms with Gasteiger partial charge in [-0.05, 0) is 38.5 Å². The van der Waals surface area contributed by atoms with E-state index in [1.165, 1.54) is 27.0 Å². The number of carboxylic acids is 1. The Kier molecular flexibility index (Phi) is 3.98. The van der Waals surface area contributed by atoms with Crippen LogP contribution in [-0.2, 0) is 0 Å². The van der Waals surface area contributed by atoms with Gasteiger partial charge in [-0.1, -0.05) is 0 Å². The van der Waals surface area contributed by atoms with Crippen LogP contribution in [0.25, 0.3) is 0 Å². The van der Waals surface area contributed by atoms with Crippen molar-refractivity contribution < 1.29 is 24.9 Å². The topological polar surface area (TPSA) is 87.0 Å².